The van der Waals surface area contributed by atoms with Crippen LogP contribution in [0.4, 0.5) is 0 Å². The summed E-state index contributed by atoms with van der Waals surface area (Å²) in [6.45, 7) is 1.00. The van der Waals surface area contributed by atoms with Gasteiger partial charge in [-0.05, 0) is 19.3 Å². The molecule has 1 heterocycles. The molecule has 146 valence electrons. The molecule has 11 heteroatoms. The number of carboxylic acid groups (broad SMARTS) is 1. The maximum atomic E-state index is 12.3. The smallest absolute Gasteiger partial charge is 0.326 e. The summed E-state index contributed by atoms with van der Waals surface area (Å²) < 4.78 is 0. The number of primary amides is 1. The van der Waals surface area contributed by atoms with Gasteiger partial charge in [0, 0.05) is 19.9 Å². The van der Waals surface area contributed by atoms with Gasteiger partial charge in [0.1, 0.15) is 18.1 Å². The highest BCUT2D eigenvalue weighted by Gasteiger charge is 2.35. The first-order valence-electron chi connectivity index (χ1n) is 8.17. The van der Waals surface area contributed by atoms with Crippen LogP contribution >= 0.6 is 0 Å². The zero-order chi connectivity index (χ0) is 19.9. The monoisotopic (exact) mass is 372 g/mol. The lowest BCUT2D eigenvalue weighted by Gasteiger charge is -2.25. The number of aliphatic hydroxyl groups is 1. The van der Waals surface area contributed by atoms with Crippen molar-refractivity contribution in [3.05, 3.63) is 0 Å². The van der Waals surface area contributed by atoms with Crippen molar-refractivity contribution in [3.63, 3.8) is 0 Å². The van der Waals surface area contributed by atoms with Crippen LogP contribution in [0.15, 0.2) is 0 Å². The molecule has 0 aromatic heterocycles. The van der Waals surface area contributed by atoms with E-state index in [1.165, 1.54) is 11.8 Å². The number of likely N-dealkylation sites (tertiary alicyclic amines) is 1. The highest BCUT2D eigenvalue weighted by atomic mass is 16.4. The van der Waals surface area contributed by atoms with Crippen LogP contribution in [-0.4, -0.2) is 76.0 Å². The van der Waals surface area contributed by atoms with E-state index in [1.807, 2.05) is 0 Å². The lowest BCUT2D eigenvalue weighted by atomic mass is 10.1. The van der Waals surface area contributed by atoms with Crippen LogP contribution in [0.1, 0.15) is 32.6 Å². The molecule has 0 aliphatic carbocycles. The number of nitrogens with two attached hydrogens (primary N) is 1. The van der Waals surface area contributed by atoms with Crippen molar-refractivity contribution in [1.82, 2.24) is 15.5 Å². The molecule has 0 bridgehead atoms. The predicted molar refractivity (Wildman–Crippen MR) is 87.4 cm³/mol. The molecule has 1 saturated heterocycles. The van der Waals surface area contributed by atoms with Crippen molar-refractivity contribution in [2.24, 2.45) is 5.73 Å². The zero-order valence-electron chi connectivity index (χ0n) is 14.4. The van der Waals surface area contributed by atoms with Crippen LogP contribution in [0.5, 0.6) is 0 Å². The molecule has 0 aromatic rings. The number of carbonyl (C=O) groups excluding carboxylic acids is 4. The maximum Gasteiger partial charge on any atom is 0.326 e. The highest BCUT2D eigenvalue weighted by Crippen LogP contribution is 2.17. The SMILES string of the molecule is CC(=O)N1CCC[C@H]1C(=O)N[C@@H](CO)C(=O)N[C@@H](CCC(N)=O)C(=O)O. The highest BCUT2D eigenvalue weighted by molar-refractivity contribution is 5.93. The van der Waals surface area contributed by atoms with Crippen molar-refractivity contribution in [2.45, 2.75) is 50.7 Å². The number of hydrogen-bond acceptors (Lipinski definition) is 6. The Morgan fingerprint density at radius 2 is 1.85 bits per heavy atom. The van der Waals surface area contributed by atoms with Gasteiger partial charge in [0.15, 0.2) is 0 Å². The minimum atomic E-state index is -1.39. The maximum absolute atomic E-state index is 12.3. The minimum Gasteiger partial charge on any atom is -0.480 e. The molecule has 0 unspecified atom stereocenters. The molecule has 26 heavy (non-hydrogen) atoms. The summed E-state index contributed by atoms with van der Waals surface area (Å²) in [6, 6.07) is -3.51. The molecule has 6 N–H and O–H groups in total. The number of aliphatic hydroxyl groups excluding tert-OH is 1. The van der Waals surface area contributed by atoms with Gasteiger partial charge >= 0.3 is 5.97 Å². The third-order valence-electron chi connectivity index (χ3n) is 4.07. The fraction of sp³-hybridized carbons (Fsp3) is 0.667. The van der Waals surface area contributed by atoms with Crippen molar-refractivity contribution in [1.29, 1.82) is 0 Å². The van der Waals surface area contributed by atoms with E-state index in [9.17, 15) is 29.1 Å². The summed E-state index contributed by atoms with van der Waals surface area (Å²) >= 11 is 0. The number of nitrogens with zero attached hydrogens (tertiary/aromatic N) is 1. The van der Waals surface area contributed by atoms with E-state index in [4.69, 9.17) is 10.8 Å². The molecule has 4 amide bonds. The van der Waals surface area contributed by atoms with Gasteiger partial charge in [-0.15, -0.1) is 0 Å². The third-order valence-corrected chi connectivity index (χ3v) is 4.07. The number of aliphatic carboxylic acids is 1. The van der Waals surface area contributed by atoms with Gasteiger partial charge in [-0.25, -0.2) is 4.79 Å². The molecular formula is C15H24N4O7. The van der Waals surface area contributed by atoms with Crippen LogP contribution in [0, 0.1) is 0 Å². The Labute approximate surface area is 149 Å². The van der Waals surface area contributed by atoms with E-state index < -0.39 is 48.4 Å². The Bertz CT molecular complexity index is 580. The lowest BCUT2D eigenvalue weighted by Crippen LogP contribution is -2.56. The summed E-state index contributed by atoms with van der Waals surface area (Å²) in [4.78, 5) is 59.2. The summed E-state index contributed by atoms with van der Waals surface area (Å²) in [7, 11) is 0. The van der Waals surface area contributed by atoms with E-state index in [-0.39, 0.29) is 18.7 Å². The van der Waals surface area contributed by atoms with Crippen molar-refractivity contribution in [3.8, 4) is 0 Å². The van der Waals surface area contributed by atoms with Gasteiger partial charge < -0.3 is 31.5 Å². The molecule has 1 fully saturated rings. The van der Waals surface area contributed by atoms with E-state index in [0.717, 1.165) is 0 Å². The fourth-order valence-corrected chi connectivity index (χ4v) is 2.69. The molecule has 0 radical (unpaired) electrons. The van der Waals surface area contributed by atoms with E-state index in [0.29, 0.717) is 19.4 Å². The lowest BCUT2D eigenvalue weighted by molar-refractivity contribution is -0.143. The quantitative estimate of drug-likeness (QED) is 0.292. The predicted octanol–water partition coefficient (Wildman–Crippen LogP) is -2.69. The van der Waals surface area contributed by atoms with Gasteiger partial charge in [-0.3, -0.25) is 19.2 Å². The Morgan fingerprint density at radius 3 is 2.35 bits per heavy atom. The average molecular weight is 372 g/mol. The van der Waals surface area contributed by atoms with Crippen molar-refractivity contribution < 1.29 is 34.2 Å². The van der Waals surface area contributed by atoms with Crippen LogP contribution in [0.3, 0.4) is 0 Å². The van der Waals surface area contributed by atoms with Crippen LogP contribution in [-0.2, 0) is 24.0 Å². The number of rotatable bonds is 9. The average Bonchev–Trinajstić information content (AvgIpc) is 3.05. The molecule has 11 nitrogen and oxygen atoms in total. The molecule has 0 spiro atoms. The van der Waals surface area contributed by atoms with Gasteiger partial charge in [-0.1, -0.05) is 0 Å². The number of hydrogen-bond donors (Lipinski definition) is 5. The number of amides is 4. The van der Waals surface area contributed by atoms with Crippen molar-refractivity contribution in [2.75, 3.05) is 13.2 Å². The number of carbonyl (C=O) groups is 5. The fourth-order valence-electron chi connectivity index (χ4n) is 2.69. The van der Waals surface area contributed by atoms with Crippen LogP contribution in [0.25, 0.3) is 0 Å². The first-order valence-corrected chi connectivity index (χ1v) is 8.17. The molecule has 0 saturated carbocycles. The topological polar surface area (TPSA) is 179 Å². The Hall–Kier alpha value is -2.69. The Kier molecular flexibility index (Phi) is 7.97. The van der Waals surface area contributed by atoms with E-state index in [2.05, 4.69) is 10.6 Å². The number of carboxylic acids is 1. The van der Waals surface area contributed by atoms with Crippen LogP contribution in [0.2, 0.25) is 0 Å². The van der Waals surface area contributed by atoms with E-state index >= 15 is 0 Å². The normalized spacial score (nSPS) is 18.7. The Balaban J connectivity index is 2.69. The summed E-state index contributed by atoms with van der Waals surface area (Å²) in [5.74, 6) is -3.88. The molecule has 1 rings (SSSR count). The standard InChI is InChI=1S/C15H24N4O7/c1-8(21)19-6-2-3-11(19)14(24)18-10(7-20)13(23)17-9(15(25)26)4-5-12(16)22/h9-11,20H,2-7H2,1H3,(H2,16,22)(H,17,23)(H,18,24)(H,25,26)/t9-,10-,11-/m0/s1. The zero-order valence-corrected chi connectivity index (χ0v) is 14.4. The second kappa shape index (κ2) is 9.70. The van der Waals surface area contributed by atoms with Gasteiger partial charge in [0.2, 0.25) is 23.6 Å². The minimum absolute atomic E-state index is 0.219. The molecule has 0 aromatic carbocycles. The Morgan fingerprint density at radius 1 is 1.19 bits per heavy atom. The first kappa shape index (κ1) is 21.4. The molecule has 1 aliphatic heterocycles. The second-order valence-electron chi connectivity index (χ2n) is 6.02. The summed E-state index contributed by atoms with van der Waals surface area (Å²) in [6.07, 6.45) is 0.607. The van der Waals surface area contributed by atoms with Crippen LogP contribution < -0.4 is 16.4 Å². The summed E-state index contributed by atoms with van der Waals surface area (Å²) in [5.41, 5.74) is 4.96. The number of nitrogens with one attached hydrogen (secondary N) is 2. The molecule has 3 atom stereocenters. The van der Waals surface area contributed by atoms with Gasteiger partial charge in [-0.2, -0.15) is 0 Å². The van der Waals surface area contributed by atoms with Gasteiger partial charge in [0.05, 0.1) is 6.61 Å². The molecular weight excluding hydrogens is 348 g/mol. The molecule has 1 aliphatic rings. The van der Waals surface area contributed by atoms with Crippen molar-refractivity contribution >= 4 is 29.6 Å². The largest absolute Gasteiger partial charge is 0.480 e. The summed E-state index contributed by atoms with van der Waals surface area (Å²) in [5, 5.41) is 22.9. The van der Waals surface area contributed by atoms with E-state index in [1.54, 1.807) is 0 Å². The van der Waals surface area contributed by atoms with Gasteiger partial charge in [0.25, 0.3) is 0 Å². The first-order chi connectivity index (χ1) is 12.2. The second-order valence-corrected chi connectivity index (χ2v) is 6.02. The third kappa shape index (κ3) is 5.99.